The van der Waals surface area contributed by atoms with E-state index in [1.807, 2.05) is 13.8 Å². The molecule has 1 aliphatic heterocycles. The monoisotopic (exact) mass is 1470 g/mol. The number of carboxylic acid groups (broad SMARTS) is 1. The number of para-hydroxylation sites is 1. The maximum atomic E-state index is 14.9. The van der Waals surface area contributed by atoms with Gasteiger partial charge in [-0.25, -0.2) is 0 Å². The highest BCUT2D eigenvalue weighted by molar-refractivity contribution is 6.00. The van der Waals surface area contributed by atoms with E-state index in [-0.39, 0.29) is 126 Å². The first kappa shape index (κ1) is 87.4. The summed E-state index contributed by atoms with van der Waals surface area (Å²) in [6.45, 7) is 10.9. The molecule has 1 aromatic heterocycles. The Hall–Kier alpha value is -9.96. The molecule has 26 N–H and O–H groups in total. The molecule has 105 heavy (non-hydrogen) atoms. The first-order valence-corrected chi connectivity index (χ1v) is 36.1. The van der Waals surface area contributed by atoms with E-state index in [1.54, 1.807) is 51.2 Å². The Balaban J connectivity index is 1.66. The Morgan fingerprint density at radius 2 is 1.08 bits per heavy atom. The molecule has 2 heterocycles. The van der Waals surface area contributed by atoms with E-state index in [2.05, 4.69) is 57.8 Å². The minimum absolute atomic E-state index is 0.0303. The van der Waals surface area contributed by atoms with Crippen LogP contribution in [0.5, 0.6) is 5.75 Å². The zero-order valence-corrected chi connectivity index (χ0v) is 61.1. The number of benzene rings is 2. The second-order valence-electron chi connectivity index (χ2n) is 27.8. The highest BCUT2D eigenvalue weighted by atomic mass is 16.4. The number of unbranched alkanes of at least 4 members (excludes halogenated alkanes) is 3. The number of aliphatic carboxylic acids is 1. The van der Waals surface area contributed by atoms with Gasteiger partial charge in [-0.3, -0.25) is 67.9 Å². The summed E-state index contributed by atoms with van der Waals surface area (Å²) in [7, 11) is 0. The minimum Gasteiger partial charge on any atom is -0.508 e. The molecule has 11 amide bonds. The molecule has 34 nitrogen and oxygen atoms in total. The van der Waals surface area contributed by atoms with Gasteiger partial charge in [0.25, 0.3) is 0 Å². The molecule has 2 aromatic carbocycles. The molecule has 1 aliphatic rings. The van der Waals surface area contributed by atoms with E-state index < -0.39 is 144 Å². The number of aromatic hydroxyl groups is 1. The number of nitrogens with two attached hydrogens (primary N) is 6. The van der Waals surface area contributed by atoms with Crippen LogP contribution in [0.3, 0.4) is 0 Å². The van der Waals surface area contributed by atoms with Crippen molar-refractivity contribution >= 4 is 93.6 Å². The predicted molar refractivity (Wildman–Crippen MR) is 393 cm³/mol. The minimum atomic E-state index is -2.03. The molecule has 34 heteroatoms. The summed E-state index contributed by atoms with van der Waals surface area (Å²) < 4.78 is 0. The number of aromatic nitrogens is 1. The van der Waals surface area contributed by atoms with Crippen LogP contribution in [0.2, 0.25) is 0 Å². The second-order valence-corrected chi connectivity index (χ2v) is 27.8. The number of carbonyl (C=O) groups is 12. The van der Waals surface area contributed by atoms with E-state index in [1.165, 1.54) is 29.2 Å². The van der Waals surface area contributed by atoms with Crippen molar-refractivity contribution in [1.82, 2.24) is 57.7 Å². The standard InChI is InChI=1S/C71H113N19O15/c1-39(2)33-51(60(76)95)84-62(97)49(22-15-31-79-71(77)78)82-65(100)53(35-43-25-27-45(92)28-26-43)86-63(98)48(20-12-14-30-73)81-66(101)55(37-58(93)94)88-69(104)59(42(6)91)89-67(102)54(36-44-38-80-47-19-8-7-18-46(44)47)87-68(103)56-23-16-32-90(56)70(105)50(21-9-10-24-57(74)75)83-64(99)52(34-40(3)4)85-61(96)41(5)17-11-13-29-72/h7-8,18-19,25-28,38-42,48-56,59,80,91-92H,9-17,20-24,29-37,72-73H2,1-6H3,(H3,74,75)(H2,76,95)(H,81,101)(H,82,100)(H,83,99)(H,84,97)(H,85,96)(H,86,98)(H,87,103)(H,88,104)(H,89,102)(H,93,94)(H4,77,78,79)/t41-,42+,48-,49-,50-,51-,52-,53-,54-,55-,56-,59-/m0/s1. The third-order valence-corrected chi connectivity index (χ3v) is 17.9. The molecular weight excluding hydrogens is 1360 g/mol. The van der Waals surface area contributed by atoms with Gasteiger partial charge in [0, 0.05) is 55.4 Å². The number of phenolic OH excluding ortho intramolecular Hbond substituents is 1. The molecular formula is C71H113N19O15. The van der Waals surface area contributed by atoms with Gasteiger partial charge in [-0.05, 0) is 145 Å². The van der Waals surface area contributed by atoms with Crippen molar-refractivity contribution < 1.29 is 72.9 Å². The van der Waals surface area contributed by atoms with Crippen LogP contribution in [0.4, 0.5) is 0 Å². The maximum Gasteiger partial charge on any atom is 0.305 e. The molecule has 0 unspecified atom stereocenters. The molecule has 0 bridgehead atoms. The number of fused-ring (bicyclic) bond motifs is 1. The van der Waals surface area contributed by atoms with Crippen LogP contribution < -0.4 is 82.3 Å². The van der Waals surface area contributed by atoms with Crippen molar-refractivity contribution in [3.8, 4) is 5.75 Å². The quantitative estimate of drug-likeness (QED) is 0.0181. The number of phenols is 1. The number of aliphatic hydroxyl groups is 1. The number of primary amides is 1. The van der Waals surface area contributed by atoms with E-state index in [0.717, 1.165) is 13.3 Å². The fraction of sp³-hybridized carbons (Fsp3) is 0.606. The molecule has 582 valence electrons. The lowest BCUT2D eigenvalue weighted by atomic mass is 9.99. The molecule has 0 saturated carbocycles. The summed E-state index contributed by atoms with van der Waals surface area (Å²) in [6, 6.07) is -2.02. The van der Waals surface area contributed by atoms with Crippen molar-refractivity contribution in [3.63, 3.8) is 0 Å². The van der Waals surface area contributed by atoms with E-state index in [0.29, 0.717) is 67.1 Å². The lowest BCUT2D eigenvalue weighted by Crippen LogP contribution is -2.62. The summed E-state index contributed by atoms with van der Waals surface area (Å²) in [5, 5.41) is 63.6. The van der Waals surface area contributed by atoms with Gasteiger partial charge in [0.2, 0.25) is 65.0 Å². The number of nitrogens with zero attached hydrogens (tertiary/aromatic N) is 2. The summed E-state index contributed by atoms with van der Waals surface area (Å²) in [4.78, 5) is 178. The summed E-state index contributed by atoms with van der Waals surface area (Å²) in [5.41, 5.74) is 35.4. The van der Waals surface area contributed by atoms with Crippen molar-refractivity contribution in [2.24, 2.45) is 57.1 Å². The molecule has 12 atom stereocenters. The van der Waals surface area contributed by atoms with Crippen LogP contribution in [0.25, 0.3) is 10.9 Å². The van der Waals surface area contributed by atoms with Crippen molar-refractivity contribution in [2.45, 2.75) is 230 Å². The molecule has 0 aliphatic carbocycles. The number of hydrogen-bond donors (Lipinski definition) is 20. The number of nitrogens with one attached hydrogen (secondary N) is 11. The molecule has 3 aromatic rings. The van der Waals surface area contributed by atoms with Crippen LogP contribution in [0, 0.1) is 23.2 Å². The number of likely N-dealkylation sites (tertiary alicyclic amines) is 1. The number of carbonyl (C=O) groups excluding carboxylic acids is 11. The van der Waals surface area contributed by atoms with Crippen molar-refractivity contribution in [1.29, 1.82) is 5.41 Å². The molecule has 0 spiro atoms. The van der Waals surface area contributed by atoms with Crippen molar-refractivity contribution in [3.05, 3.63) is 65.9 Å². The number of H-pyrrole nitrogens is 1. The van der Waals surface area contributed by atoms with Crippen LogP contribution >= 0.6 is 0 Å². The van der Waals surface area contributed by atoms with Gasteiger partial charge in [0.15, 0.2) is 5.96 Å². The van der Waals surface area contributed by atoms with E-state index in [9.17, 15) is 72.9 Å². The second kappa shape index (κ2) is 44.6. The summed E-state index contributed by atoms with van der Waals surface area (Å²) >= 11 is 0. The van der Waals surface area contributed by atoms with Crippen LogP contribution in [-0.4, -0.2) is 201 Å². The number of aliphatic imine (C=N–C) groups is 1. The zero-order chi connectivity index (χ0) is 78.0. The molecule has 1 fully saturated rings. The molecule has 1 saturated heterocycles. The maximum absolute atomic E-state index is 14.9. The Morgan fingerprint density at radius 3 is 1.67 bits per heavy atom. The number of aromatic amines is 1. The predicted octanol–water partition coefficient (Wildman–Crippen LogP) is -1.11. The van der Waals surface area contributed by atoms with Gasteiger partial charge < -0.3 is 107 Å². The van der Waals surface area contributed by atoms with Crippen molar-refractivity contribution in [2.75, 3.05) is 26.2 Å². The van der Waals surface area contributed by atoms with Gasteiger partial charge >= 0.3 is 5.97 Å². The number of amidine groups is 1. The fourth-order valence-corrected chi connectivity index (χ4v) is 12.2. The zero-order valence-electron chi connectivity index (χ0n) is 61.1. The summed E-state index contributed by atoms with van der Waals surface area (Å²) in [5.74, 6) is -12.2. The summed E-state index contributed by atoms with van der Waals surface area (Å²) in [6.07, 6.45) is 2.32. The Kier molecular flexibility index (Phi) is 37.2. The average molecular weight is 1470 g/mol. The Labute approximate surface area is 612 Å². The third kappa shape index (κ3) is 30.3. The first-order chi connectivity index (χ1) is 49.7. The number of hydrogen-bond acceptors (Lipinski definition) is 18. The Bertz CT molecular complexity index is 3430. The normalized spacial score (nSPS) is 15.9. The Morgan fingerprint density at radius 1 is 0.571 bits per heavy atom. The topological polar surface area (TPSA) is 585 Å². The SMILES string of the molecule is CC(C)C[C@H](NC(=O)[C@H](CCCN=C(N)N)NC(=O)[C@H](Cc1ccc(O)cc1)NC(=O)[C@H](CCCCN)NC(=O)[C@H](CC(=O)O)NC(=O)[C@@H](NC(=O)[C@H](Cc1c[nH]c2ccccc12)NC(=O)[C@@H]1CCCN1C(=O)[C@H](CCCCC(=N)N)NC(=O)[C@H](CC(C)C)NC(=O)[C@@H](C)CCCCN)[C@@H](C)O)C(N)=O. The lowest BCUT2D eigenvalue weighted by Gasteiger charge is -2.31. The number of guanidine groups is 1. The first-order valence-electron chi connectivity index (χ1n) is 36.1. The number of aliphatic hydroxyl groups excluding tert-OH is 1. The lowest BCUT2D eigenvalue weighted by molar-refractivity contribution is -0.143. The number of rotatable bonds is 48. The van der Waals surface area contributed by atoms with Gasteiger partial charge in [-0.2, -0.15) is 0 Å². The smallest absolute Gasteiger partial charge is 0.305 e. The average Bonchev–Trinajstić information content (AvgIpc) is 1.71. The van der Waals surface area contributed by atoms with Crippen LogP contribution in [0.1, 0.15) is 162 Å². The van der Waals surface area contributed by atoms with Gasteiger partial charge in [0.05, 0.1) is 18.4 Å². The van der Waals surface area contributed by atoms with Crippen LogP contribution in [0.15, 0.2) is 59.7 Å². The third-order valence-electron chi connectivity index (χ3n) is 17.9. The fourth-order valence-electron chi connectivity index (χ4n) is 12.2. The number of carboxylic acids is 1. The van der Waals surface area contributed by atoms with E-state index >= 15 is 0 Å². The van der Waals surface area contributed by atoms with Gasteiger partial charge in [0.1, 0.15) is 66.2 Å². The highest BCUT2D eigenvalue weighted by Gasteiger charge is 2.42. The largest absolute Gasteiger partial charge is 0.508 e. The van der Waals surface area contributed by atoms with E-state index in [4.69, 9.17) is 39.8 Å². The molecule has 0 radical (unpaired) electrons. The number of amides is 11. The highest BCUT2D eigenvalue weighted by Crippen LogP contribution is 2.24. The van der Waals surface area contributed by atoms with Gasteiger partial charge in [-0.1, -0.05) is 77.8 Å². The molecule has 4 rings (SSSR count). The van der Waals surface area contributed by atoms with Crippen LogP contribution in [-0.2, 0) is 70.4 Å². The van der Waals surface area contributed by atoms with Gasteiger partial charge in [-0.15, -0.1) is 0 Å².